The van der Waals surface area contributed by atoms with Gasteiger partial charge < -0.3 is 0 Å². The van der Waals surface area contributed by atoms with Gasteiger partial charge >= 0.3 is 0 Å². The van der Waals surface area contributed by atoms with Crippen molar-refractivity contribution in [3.8, 4) is 0 Å². The highest BCUT2D eigenvalue weighted by molar-refractivity contribution is 6.42. The number of nitrogens with zero attached hydrogens (tertiary/aromatic N) is 2. The topological polar surface area (TPSA) is 6.48 Å². The first-order chi connectivity index (χ1) is 2.64. The van der Waals surface area contributed by atoms with Crippen molar-refractivity contribution in [1.82, 2.24) is 8.09 Å². The van der Waals surface area contributed by atoms with Crippen LogP contribution in [0.5, 0.6) is 0 Å². The summed E-state index contributed by atoms with van der Waals surface area (Å²) < 4.78 is 0.951. The summed E-state index contributed by atoms with van der Waals surface area (Å²) in [6.45, 7) is 0. The Morgan fingerprint density at radius 2 is 0.833 bits per heavy atom. The van der Waals surface area contributed by atoms with Crippen molar-refractivity contribution in [1.29, 1.82) is 0 Å². The van der Waals surface area contributed by atoms with Crippen molar-refractivity contribution in [3.63, 3.8) is 0 Å². The fourth-order valence-corrected chi connectivity index (χ4v) is 0. The van der Waals surface area contributed by atoms with Gasteiger partial charge in [-0.3, -0.25) is 0 Å². The van der Waals surface area contributed by atoms with E-state index in [0.717, 1.165) is 0 Å². The lowest BCUT2D eigenvalue weighted by Crippen LogP contribution is -2.05. The minimum absolute atomic E-state index is 0.475. The standard InChI is InChI=1S/Cl4N2/c1-5(2)6(3)4. The fourth-order valence-electron chi connectivity index (χ4n) is 0. The Kier molecular flexibility index (Phi) is 3.69. The summed E-state index contributed by atoms with van der Waals surface area (Å²) >= 11 is 19.5. The second-order valence-corrected chi connectivity index (χ2v) is 2.06. The first-order valence-electron chi connectivity index (χ1n) is 0.876. The van der Waals surface area contributed by atoms with Crippen LogP contribution in [0.25, 0.3) is 0 Å². The molecule has 0 aliphatic rings. The third-order valence-corrected chi connectivity index (χ3v) is 1.03. The van der Waals surface area contributed by atoms with Crippen LogP contribution in [0.1, 0.15) is 0 Å². The van der Waals surface area contributed by atoms with Gasteiger partial charge in [0.25, 0.3) is 0 Å². The molecule has 38 valence electrons. The highest BCUT2D eigenvalue weighted by atomic mass is 35.6. The summed E-state index contributed by atoms with van der Waals surface area (Å²) in [5, 5.41) is 0. The summed E-state index contributed by atoms with van der Waals surface area (Å²) in [4.78, 5) is 0. The second-order valence-electron chi connectivity index (χ2n) is 0.430. The average molecular weight is 170 g/mol. The molecule has 6 heavy (non-hydrogen) atoms. The number of hydrazine groups is 1. The molecule has 0 aromatic heterocycles. The molecule has 0 N–H and O–H groups in total. The zero-order valence-electron chi connectivity index (χ0n) is 2.41. The van der Waals surface area contributed by atoms with Gasteiger partial charge in [0.1, 0.15) is 0 Å². The lowest BCUT2D eigenvalue weighted by Gasteiger charge is -2.01. The third kappa shape index (κ3) is 3.28. The molecule has 0 saturated carbocycles. The van der Waals surface area contributed by atoms with E-state index in [9.17, 15) is 0 Å². The average Bonchev–Trinajstić information content (AvgIpc) is 1.36. The molecule has 2 nitrogen and oxygen atoms in total. The molecule has 0 unspecified atom stereocenters. The molecule has 0 radical (unpaired) electrons. The van der Waals surface area contributed by atoms with Gasteiger partial charge in [0.05, 0.1) is 0 Å². The molecule has 6 heteroatoms. The summed E-state index contributed by atoms with van der Waals surface area (Å²) in [6.07, 6.45) is 0. The lowest BCUT2D eigenvalue weighted by molar-refractivity contribution is 0.468. The van der Waals surface area contributed by atoms with E-state index in [2.05, 4.69) is 0 Å². The van der Waals surface area contributed by atoms with Crippen LogP contribution in [0, 0.1) is 0 Å². The Balaban J connectivity index is 2.99. The summed E-state index contributed by atoms with van der Waals surface area (Å²) in [5.41, 5.74) is 0. The van der Waals surface area contributed by atoms with Crippen LogP contribution in [-0.2, 0) is 0 Å². The molecule has 0 bridgehead atoms. The number of halogens is 4. The molecule has 0 saturated heterocycles. The van der Waals surface area contributed by atoms with E-state index in [0.29, 0.717) is 8.09 Å². The molecule has 0 aliphatic heterocycles. The third-order valence-electron chi connectivity index (χ3n) is 0.114. The predicted molar refractivity (Wildman–Crippen MR) is 27.1 cm³/mol. The van der Waals surface area contributed by atoms with Gasteiger partial charge in [-0.15, -0.1) is 0 Å². The highest BCUT2D eigenvalue weighted by Gasteiger charge is 1.99. The minimum atomic E-state index is 0.475. The Labute approximate surface area is 55.5 Å². The minimum Gasteiger partial charge on any atom is -0.0301 e. The first kappa shape index (κ1) is 7.08. The molecule has 0 aromatic carbocycles. The normalized spacial score (nSPS) is 11.0. The first-order valence-corrected chi connectivity index (χ1v) is 2.23. The molecule has 0 aromatic rings. The van der Waals surface area contributed by atoms with E-state index in [-0.39, 0.29) is 0 Å². The molecule has 0 atom stereocenters. The lowest BCUT2D eigenvalue weighted by atomic mass is 12.9. The molecular weight excluding hydrogens is 170 g/mol. The molecule has 0 fully saturated rings. The smallest absolute Gasteiger partial charge is 0.0150 e. The zero-order chi connectivity index (χ0) is 5.15. The van der Waals surface area contributed by atoms with Crippen LogP contribution in [0.3, 0.4) is 0 Å². The highest BCUT2D eigenvalue weighted by Crippen LogP contribution is 2.10. The van der Waals surface area contributed by atoms with Crippen LogP contribution >= 0.6 is 47.1 Å². The van der Waals surface area contributed by atoms with Crippen LogP contribution < -0.4 is 0 Å². The van der Waals surface area contributed by atoms with Crippen molar-refractivity contribution in [2.45, 2.75) is 0 Å². The Hall–Kier alpha value is 1.08. The summed E-state index contributed by atoms with van der Waals surface area (Å²) in [5.74, 6) is 0. The quantitative estimate of drug-likeness (QED) is 0.439. The van der Waals surface area contributed by atoms with Gasteiger partial charge in [-0.25, -0.2) is 0 Å². The van der Waals surface area contributed by atoms with Crippen LogP contribution in [0.4, 0.5) is 0 Å². The molecular formula is Cl4N2. The van der Waals surface area contributed by atoms with Gasteiger partial charge in [-0.2, -0.15) is 0 Å². The van der Waals surface area contributed by atoms with E-state index in [1.54, 1.807) is 0 Å². The van der Waals surface area contributed by atoms with E-state index < -0.39 is 0 Å². The molecule has 0 aliphatic carbocycles. The Morgan fingerprint density at radius 3 is 0.833 bits per heavy atom. The fraction of sp³-hybridized carbons (Fsp3) is 0. The number of hydrogen-bond donors (Lipinski definition) is 0. The molecule has 0 rings (SSSR count). The van der Waals surface area contributed by atoms with Gasteiger partial charge in [-0.1, -0.05) is 0 Å². The summed E-state index contributed by atoms with van der Waals surface area (Å²) in [6, 6.07) is 0. The van der Waals surface area contributed by atoms with Crippen molar-refractivity contribution < 1.29 is 0 Å². The zero-order valence-corrected chi connectivity index (χ0v) is 5.43. The summed E-state index contributed by atoms with van der Waals surface area (Å²) in [7, 11) is 0. The van der Waals surface area contributed by atoms with Crippen LogP contribution in [-0.4, -0.2) is 8.09 Å². The SMILES string of the molecule is ClN(Cl)N(Cl)Cl. The maximum Gasteiger partial charge on any atom is 0.0150 e. The van der Waals surface area contributed by atoms with E-state index in [4.69, 9.17) is 47.1 Å². The van der Waals surface area contributed by atoms with Crippen molar-refractivity contribution in [3.05, 3.63) is 0 Å². The Morgan fingerprint density at radius 1 is 0.667 bits per heavy atom. The van der Waals surface area contributed by atoms with Gasteiger partial charge in [0, 0.05) is 47.1 Å². The number of rotatable bonds is 1. The molecule has 0 spiro atoms. The monoisotopic (exact) mass is 168 g/mol. The second kappa shape index (κ2) is 3.13. The molecule has 0 amide bonds. The van der Waals surface area contributed by atoms with Gasteiger partial charge in [0.2, 0.25) is 0 Å². The maximum absolute atomic E-state index is 4.87. The van der Waals surface area contributed by atoms with Gasteiger partial charge in [0.15, 0.2) is 0 Å². The Bertz CT molecular complexity index is 26.5. The predicted octanol–water partition coefficient (Wildman–Crippen LogP) is 2.12. The molecule has 0 heterocycles. The number of hydrogen-bond acceptors (Lipinski definition) is 2. The van der Waals surface area contributed by atoms with Gasteiger partial charge in [-0.05, 0) is 8.09 Å². The maximum atomic E-state index is 4.87. The van der Waals surface area contributed by atoms with Crippen molar-refractivity contribution in [2.24, 2.45) is 0 Å². The van der Waals surface area contributed by atoms with Crippen LogP contribution in [0.2, 0.25) is 0 Å². The van der Waals surface area contributed by atoms with E-state index in [1.807, 2.05) is 0 Å². The largest absolute Gasteiger partial charge is 0.0301 e. The van der Waals surface area contributed by atoms with Crippen molar-refractivity contribution >= 4 is 47.1 Å². The van der Waals surface area contributed by atoms with E-state index in [1.165, 1.54) is 0 Å². The van der Waals surface area contributed by atoms with Crippen molar-refractivity contribution in [2.75, 3.05) is 0 Å². The van der Waals surface area contributed by atoms with E-state index >= 15 is 0 Å². The van der Waals surface area contributed by atoms with Crippen LogP contribution in [0.15, 0.2) is 0 Å².